The normalized spacial score (nSPS) is 13.6. The Bertz CT molecular complexity index is 924. The molecule has 26 heavy (non-hydrogen) atoms. The maximum absolute atomic E-state index is 12.9. The summed E-state index contributed by atoms with van der Waals surface area (Å²) < 4.78 is 39.3. The molecular formula is C17H10F2N2O5. The van der Waals surface area contributed by atoms with Gasteiger partial charge in [-0.05, 0) is 30.3 Å². The first-order valence-corrected chi connectivity index (χ1v) is 7.23. The second kappa shape index (κ2) is 6.68. The van der Waals surface area contributed by atoms with Gasteiger partial charge in [-0.15, -0.1) is 8.78 Å². The number of halogens is 2. The number of nitrogens with one attached hydrogen (secondary N) is 1. The third-order valence-electron chi connectivity index (χ3n) is 3.25. The number of anilines is 1. The minimum absolute atomic E-state index is 0.127. The van der Waals surface area contributed by atoms with Gasteiger partial charge in [0.25, 0.3) is 5.91 Å². The van der Waals surface area contributed by atoms with Crippen molar-refractivity contribution < 1.29 is 32.6 Å². The Hall–Kier alpha value is -3.67. The van der Waals surface area contributed by atoms with Crippen LogP contribution in [0.4, 0.5) is 14.5 Å². The van der Waals surface area contributed by atoms with Crippen LogP contribution in [-0.2, 0) is 9.53 Å². The summed E-state index contributed by atoms with van der Waals surface area (Å²) in [7, 11) is 0. The average molecular weight is 360 g/mol. The lowest BCUT2D eigenvalue weighted by molar-refractivity contribution is -0.286. The first-order valence-electron chi connectivity index (χ1n) is 7.23. The van der Waals surface area contributed by atoms with E-state index in [0.29, 0.717) is 0 Å². The highest BCUT2D eigenvalue weighted by Crippen LogP contribution is 2.42. The summed E-state index contributed by atoms with van der Waals surface area (Å²) in [4.78, 5) is 23.7. The minimum atomic E-state index is -3.75. The van der Waals surface area contributed by atoms with Gasteiger partial charge in [-0.2, -0.15) is 5.26 Å². The van der Waals surface area contributed by atoms with Crippen LogP contribution in [0.1, 0.15) is 15.9 Å². The minimum Gasteiger partial charge on any atom is -0.452 e. The number of alkyl halides is 2. The van der Waals surface area contributed by atoms with Crippen molar-refractivity contribution in [1.29, 1.82) is 5.26 Å². The molecule has 132 valence electrons. The zero-order valence-electron chi connectivity index (χ0n) is 13.0. The molecule has 0 aliphatic carbocycles. The summed E-state index contributed by atoms with van der Waals surface area (Å²) in [5.74, 6) is -1.84. The number of fused-ring (bicyclic) bond motifs is 1. The van der Waals surface area contributed by atoms with Gasteiger partial charge in [0, 0.05) is 11.8 Å². The fourth-order valence-corrected chi connectivity index (χ4v) is 2.15. The van der Waals surface area contributed by atoms with Gasteiger partial charge in [0.2, 0.25) is 0 Å². The van der Waals surface area contributed by atoms with E-state index >= 15 is 0 Å². The topological polar surface area (TPSA) is 97.7 Å². The Kier molecular flexibility index (Phi) is 4.41. The van der Waals surface area contributed by atoms with Crippen LogP contribution < -0.4 is 14.8 Å². The van der Waals surface area contributed by atoms with Crippen LogP contribution in [-0.4, -0.2) is 24.8 Å². The van der Waals surface area contributed by atoms with Crippen molar-refractivity contribution in [1.82, 2.24) is 0 Å². The van der Waals surface area contributed by atoms with Crippen molar-refractivity contribution in [2.75, 3.05) is 11.9 Å². The van der Waals surface area contributed by atoms with Crippen LogP contribution in [0, 0.1) is 11.3 Å². The van der Waals surface area contributed by atoms with Crippen molar-refractivity contribution in [3.63, 3.8) is 0 Å². The number of amides is 1. The van der Waals surface area contributed by atoms with Crippen LogP contribution in [0.15, 0.2) is 42.5 Å². The Morgan fingerprint density at radius 2 is 1.92 bits per heavy atom. The number of hydrogen-bond acceptors (Lipinski definition) is 6. The Morgan fingerprint density at radius 1 is 1.15 bits per heavy atom. The second-order valence-corrected chi connectivity index (χ2v) is 5.15. The number of carbonyl (C=O) groups is 2. The van der Waals surface area contributed by atoms with Gasteiger partial charge in [0.05, 0.1) is 17.2 Å². The molecule has 1 amide bonds. The highest BCUT2D eigenvalue weighted by Gasteiger charge is 2.43. The molecule has 0 bridgehead atoms. The predicted molar refractivity (Wildman–Crippen MR) is 82.7 cm³/mol. The van der Waals surface area contributed by atoms with Gasteiger partial charge >= 0.3 is 12.3 Å². The molecule has 0 unspecified atom stereocenters. The van der Waals surface area contributed by atoms with E-state index < -0.39 is 24.8 Å². The molecule has 0 radical (unpaired) electrons. The van der Waals surface area contributed by atoms with Crippen LogP contribution in [0.25, 0.3) is 0 Å². The van der Waals surface area contributed by atoms with E-state index in [-0.39, 0.29) is 28.3 Å². The van der Waals surface area contributed by atoms with Crippen LogP contribution in [0.2, 0.25) is 0 Å². The molecule has 0 spiro atoms. The zero-order chi connectivity index (χ0) is 18.7. The summed E-state index contributed by atoms with van der Waals surface area (Å²) in [5, 5.41) is 11.2. The Labute approximate surface area is 145 Å². The van der Waals surface area contributed by atoms with E-state index in [2.05, 4.69) is 14.8 Å². The fourth-order valence-electron chi connectivity index (χ4n) is 2.15. The largest absolute Gasteiger partial charge is 0.586 e. The first-order chi connectivity index (χ1) is 12.4. The lowest BCUT2D eigenvalue weighted by Gasteiger charge is -2.07. The number of carbonyl (C=O) groups excluding carboxylic acids is 2. The van der Waals surface area contributed by atoms with E-state index in [1.165, 1.54) is 36.4 Å². The Balaban J connectivity index is 1.57. The van der Waals surface area contributed by atoms with E-state index in [1.807, 2.05) is 6.07 Å². The van der Waals surface area contributed by atoms with E-state index in [9.17, 15) is 18.4 Å². The van der Waals surface area contributed by atoms with Gasteiger partial charge in [-0.1, -0.05) is 6.07 Å². The average Bonchev–Trinajstić information content (AvgIpc) is 2.92. The lowest BCUT2D eigenvalue weighted by Crippen LogP contribution is -2.25. The van der Waals surface area contributed by atoms with E-state index in [1.54, 1.807) is 0 Å². The van der Waals surface area contributed by atoms with Crippen LogP contribution >= 0.6 is 0 Å². The molecular weight excluding hydrogens is 350 g/mol. The maximum Gasteiger partial charge on any atom is 0.586 e. The molecule has 0 atom stereocenters. The number of rotatable bonds is 4. The van der Waals surface area contributed by atoms with Gasteiger partial charge in [0.15, 0.2) is 18.1 Å². The molecule has 0 aromatic heterocycles. The molecule has 9 heteroatoms. The summed E-state index contributed by atoms with van der Waals surface area (Å²) >= 11 is 0. The molecule has 0 saturated carbocycles. The third kappa shape index (κ3) is 3.87. The van der Waals surface area contributed by atoms with Crippen molar-refractivity contribution in [3.05, 3.63) is 53.6 Å². The molecule has 0 fully saturated rings. The maximum atomic E-state index is 12.9. The summed E-state index contributed by atoms with van der Waals surface area (Å²) in [6, 6.07) is 11.4. The van der Waals surface area contributed by atoms with Crippen molar-refractivity contribution in [2.24, 2.45) is 0 Å². The molecule has 1 N–H and O–H groups in total. The third-order valence-corrected chi connectivity index (χ3v) is 3.25. The molecule has 2 aromatic rings. The molecule has 0 saturated heterocycles. The number of ether oxygens (including phenoxy) is 3. The molecule has 2 aromatic carbocycles. The number of nitrogens with zero attached hydrogens (tertiary/aromatic N) is 1. The summed E-state index contributed by atoms with van der Waals surface area (Å²) in [5.41, 5.74) is 0.570. The van der Waals surface area contributed by atoms with Crippen molar-refractivity contribution in [3.8, 4) is 17.6 Å². The smallest absolute Gasteiger partial charge is 0.452 e. The number of hydrogen-bond donors (Lipinski definition) is 1. The molecule has 1 aliphatic rings. The standard InChI is InChI=1S/C17H10F2N2O5/c18-17(19)25-13-5-4-12(7-14(13)26-17)21-15(22)9-24-16(23)11-3-1-2-10(6-11)8-20/h1-7H,9H2,(H,21,22). The monoisotopic (exact) mass is 360 g/mol. The SMILES string of the molecule is N#Cc1cccc(C(=O)OCC(=O)Nc2ccc3c(c2)OC(F)(F)O3)c1. The quantitative estimate of drug-likeness (QED) is 0.842. The van der Waals surface area contributed by atoms with Crippen molar-refractivity contribution >= 4 is 17.6 Å². The highest BCUT2D eigenvalue weighted by molar-refractivity contribution is 5.95. The zero-order valence-corrected chi connectivity index (χ0v) is 13.0. The van der Waals surface area contributed by atoms with Gasteiger partial charge in [0.1, 0.15) is 0 Å². The first kappa shape index (κ1) is 17.2. The predicted octanol–water partition coefficient (Wildman–Crippen LogP) is 2.68. The van der Waals surface area contributed by atoms with Gasteiger partial charge < -0.3 is 19.5 Å². The number of esters is 1. The number of benzene rings is 2. The fraction of sp³-hybridized carbons (Fsp3) is 0.118. The van der Waals surface area contributed by atoms with E-state index in [0.717, 1.165) is 6.07 Å². The van der Waals surface area contributed by atoms with Gasteiger partial charge in [-0.3, -0.25) is 4.79 Å². The highest BCUT2D eigenvalue weighted by atomic mass is 19.3. The van der Waals surface area contributed by atoms with Crippen molar-refractivity contribution in [2.45, 2.75) is 6.29 Å². The van der Waals surface area contributed by atoms with Gasteiger partial charge in [-0.25, -0.2) is 4.79 Å². The van der Waals surface area contributed by atoms with Crippen LogP contribution in [0.5, 0.6) is 11.5 Å². The summed E-state index contributed by atoms with van der Waals surface area (Å²) in [6.07, 6.45) is -3.75. The summed E-state index contributed by atoms with van der Waals surface area (Å²) in [6.45, 7) is -0.597. The molecule has 7 nitrogen and oxygen atoms in total. The molecule has 1 heterocycles. The second-order valence-electron chi connectivity index (χ2n) is 5.15. The Morgan fingerprint density at radius 3 is 2.69 bits per heavy atom. The van der Waals surface area contributed by atoms with E-state index in [4.69, 9.17) is 10.00 Å². The molecule has 1 aliphatic heterocycles. The molecule has 3 rings (SSSR count). The number of nitriles is 1. The lowest BCUT2D eigenvalue weighted by atomic mass is 10.1. The van der Waals surface area contributed by atoms with Crippen LogP contribution in [0.3, 0.4) is 0 Å².